The Balaban J connectivity index is 2.01. The van der Waals surface area contributed by atoms with E-state index in [1.54, 1.807) is 0 Å². The summed E-state index contributed by atoms with van der Waals surface area (Å²) >= 11 is 0. The lowest BCUT2D eigenvalue weighted by molar-refractivity contribution is 0.660. The molecule has 0 aromatic carbocycles. The summed E-state index contributed by atoms with van der Waals surface area (Å²) in [7, 11) is 1.89. The fourth-order valence-electron chi connectivity index (χ4n) is 1.96. The maximum absolute atomic E-state index is 4.66. The smallest absolute Gasteiger partial charge is 0.164 e. The van der Waals surface area contributed by atoms with Crippen LogP contribution in [0.5, 0.6) is 0 Å². The zero-order valence-electron chi connectivity index (χ0n) is 10.7. The molecule has 0 unspecified atom stereocenters. The van der Waals surface area contributed by atoms with E-state index < -0.39 is 0 Å². The molecule has 0 bridgehead atoms. The molecule has 0 spiro atoms. The lowest BCUT2D eigenvalue weighted by atomic mass is 10.2. The maximum atomic E-state index is 4.66. The van der Waals surface area contributed by atoms with Crippen LogP contribution in [0.25, 0.3) is 11.4 Å². The van der Waals surface area contributed by atoms with E-state index in [0.29, 0.717) is 5.92 Å². The van der Waals surface area contributed by atoms with Crippen LogP contribution in [0.15, 0.2) is 18.5 Å². The first-order valence-corrected chi connectivity index (χ1v) is 6.39. The molecule has 1 N–H and O–H groups in total. The standard InChI is InChI=1S/C13H17N5/c1-3-18-8-10(7-15-18)13-16-11(9-4-5-9)6-12(14-2)17-13/h6-9H,3-5H2,1-2H3,(H,14,16,17). The van der Waals surface area contributed by atoms with Gasteiger partial charge in [-0.1, -0.05) is 0 Å². The van der Waals surface area contributed by atoms with Crippen LogP contribution in [0.4, 0.5) is 5.82 Å². The van der Waals surface area contributed by atoms with Gasteiger partial charge in [0.1, 0.15) is 5.82 Å². The van der Waals surface area contributed by atoms with E-state index in [9.17, 15) is 0 Å². The van der Waals surface area contributed by atoms with Crippen LogP contribution >= 0.6 is 0 Å². The van der Waals surface area contributed by atoms with E-state index in [4.69, 9.17) is 0 Å². The Morgan fingerprint density at radius 2 is 2.22 bits per heavy atom. The van der Waals surface area contributed by atoms with Gasteiger partial charge in [-0.15, -0.1) is 0 Å². The number of rotatable bonds is 4. The number of anilines is 1. The van der Waals surface area contributed by atoms with Gasteiger partial charge in [0, 0.05) is 37.5 Å². The summed E-state index contributed by atoms with van der Waals surface area (Å²) in [6.45, 7) is 2.93. The third kappa shape index (κ3) is 2.08. The summed E-state index contributed by atoms with van der Waals surface area (Å²) in [5.41, 5.74) is 2.13. The van der Waals surface area contributed by atoms with Gasteiger partial charge >= 0.3 is 0 Å². The van der Waals surface area contributed by atoms with E-state index in [-0.39, 0.29) is 0 Å². The number of hydrogen-bond acceptors (Lipinski definition) is 4. The molecule has 5 heteroatoms. The van der Waals surface area contributed by atoms with Gasteiger partial charge in [-0.3, -0.25) is 4.68 Å². The molecule has 0 radical (unpaired) electrons. The highest BCUT2D eigenvalue weighted by molar-refractivity contribution is 5.56. The Kier molecular flexibility index (Phi) is 2.74. The van der Waals surface area contributed by atoms with Crippen molar-refractivity contribution in [3.05, 3.63) is 24.2 Å². The van der Waals surface area contributed by atoms with Gasteiger partial charge in [0.2, 0.25) is 0 Å². The minimum absolute atomic E-state index is 0.625. The number of aryl methyl sites for hydroxylation is 1. The van der Waals surface area contributed by atoms with E-state index in [2.05, 4.69) is 27.3 Å². The van der Waals surface area contributed by atoms with Gasteiger partial charge in [-0.05, 0) is 19.8 Å². The van der Waals surface area contributed by atoms with Gasteiger partial charge in [0.15, 0.2) is 5.82 Å². The molecule has 0 aliphatic heterocycles. The first-order valence-electron chi connectivity index (χ1n) is 6.39. The highest BCUT2D eigenvalue weighted by Crippen LogP contribution is 2.40. The molecular formula is C13H17N5. The lowest BCUT2D eigenvalue weighted by Gasteiger charge is -2.05. The Bertz CT molecular complexity index is 556. The first-order chi connectivity index (χ1) is 8.80. The molecule has 3 rings (SSSR count). The van der Waals surface area contributed by atoms with E-state index in [1.165, 1.54) is 12.8 Å². The molecule has 2 aromatic rings. The molecule has 0 saturated heterocycles. The quantitative estimate of drug-likeness (QED) is 0.895. The molecule has 1 aliphatic carbocycles. The van der Waals surface area contributed by atoms with Gasteiger partial charge in [-0.25, -0.2) is 9.97 Å². The van der Waals surface area contributed by atoms with Crippen LogP contribution < -0.4 is 5.32 Å². The number of hydrogen-bond donors (Lipinski definition) is 1. The van der Waals surface area contributed by atoms with Crippen molar-refractivity contribution in [1.82, 2.24) is 19.7 Å². The highest BCUT2D eigenvalue weighted by Gasteiger charge is 2.26. The molecule has 18 heavy (non-hydrogen) atoms. The summed E-state index contributed by atoms with van der Waals surface area (Å²) in [5, 5.41) is 7.38. The molecule has 5 nitrogen and oxygen atoms in total. The van der Waals surface area contributed by atoms with Crippen molar-refractivity contribution in [2.45, 2.75) is 32.2 Å². The largest absolute Gasteiger partial charge is 0.373 e. The van der Waals surface area contributed by atoms with Crippen LogP contribution in [0.2, 0.25) is 0 Å². The van der Waals surface area contributed by atoms with E-state index in [0.717, 1.165) is 29.4 Å². The van der Waals surface area contributed by atoms with E-state index in [1.807, 2.05) is 30.2 Å². The SMILES string of the molecule is CCn1cc(-c2nc(NC)cc(C3CC3)n2)cn1. The topological polar surface area (TPSA) is 55.6 Å². The van der Waals surface area contributed by atoms with Crippen molar-refractivity contribution in [2.24, 2.45) is 0 Å². The minimum atomic E-state index is 0.625. The molecule has 0 atom stereocenters. The number of nitrogens with one attached hydrogen (secondary N) is 1. The van der Waals surface area contributed by atoms with Gasteiger partial charge in [0.25, 0.3) is 0 Å². The fraction of sp³-hybridized carbons (Fsp3) is 0.462. The fourth-order valence-corrected chi connectivity index (χ4v) is 1.96. The zero-order valence-corrected chi connectivity index (χ0v) is 10.7. The summed E-state index contributed by atoms with van der Waals surface area (Å²) in [6.07, 6.45) is 6.31. The van der Waals surface area contributed by atoms with Crippen LogP contribution in [0.3, 0.4) is 0 Å². The normalized spacial score (nSPS) is 14.8. The van der Waals surface area contributed by atoms with Crippen molar-refractivity contribution in [3.63, 3.8) is 0 Å². The molecule has 1 aliphatic rings. The van der Waals surface area contributed by atoms with Gasteiger partial charge in [0.05, 0.1) is 11.8 Å². The Labute approximate surface area is 106 Å². The second-order valence-corrected chi connectivity index (χ2v) is 4.61. The number of aromatic nitrogens is 4. The molecule has 94 valence electrons. The summed E-state index contributed by atoms with van der Waals surface area (Å²) in [6, 6.07) is 2.05. The van der Waals surface area contributed by atoms with Crippen molar-refractivity contribution in [1.29, 1.82) is 0 Å². The first kappa shape index (κ1) is 11.2. The zero-order chi connectivity index (χ0) is 12.5. The lowest BCUT2D eigenvalue weighted by Crippen LogP contribution is -2.00. The highest BCUT2D eigenvalue weighted by atomic mass is 15.3. The molecule has 1 fully saturated rings. The second kappa shape index (κ2) is 4.40. The van der Waals surface area contributed by atoms with E-state index >= 15 is 0 Å². The van der Waals surface area contributed by atoms with Crippen molar-refractivity contribution in [3.8, 4) is 11.4 Å². The van der Waals surface area contributed by atoms with Crippen LogP contribution in [-0.4, -0.2) is 26.8 Å². The Morgan fingerprint density at radius 1 is 1.39 bits per heavy atom. The van der Waals surface area contributed by atoms with Gasteiger partial charge < -0.3 is 5.32 Å². The second-order valence-electron chi connectivity index (χ2n) is 4.61. The van der Waals surface area contributed by atoms with Crippen molar-refractivity contribution >= 4 is 5.82 Å². The monoisotopic (exact) mass is 243 g/mol. The summed E-state index contributed by atoms with van der Waals surface area (Å²) in [5.74, 6) is 2.27. The van der Waals surface area contributed by atoms with Crippen LogP contribution in [0, 0.1) is 0 Å². The third-order valence-corrected chi connectivity index (χ3v) is 3.21. The molecule has 0 amide bonds. The maximum Gasteiger partial charge on any atom is 0.164 e. The molecule has 1 saturated carbocycles. The Hall–Kier alpha value is -1.91. The van der Waals surface area contributed by atoms with Crippen LogP contribution in [0.1, 0.15) is 31.4 Å². The predicted molar refractivity (Wildman–Crippen MR) is 70.4 cm³/mol. The molecular weight excluding hydrogens is 226 g/mol. The minimum Gasteiger partial charge on any atom is -0.373 e. The molecule has 2 aromatic heterocycles. The van der Waals surface area contributed by atoms with Gasteiger partial charge in [-0.2, -0.15) is 5.10 Å². The Morgan fingerprint density at radius 3 is 2.83 bits per heavy atom. The predicted octanol–water partition coefficient (Wildman–Crippen LogP) is 2.28. The number of nitrogens with zero attached hydrogens (tertiary/aromatic N) is 4. The summed E-state index contributed by atoms with van der Waals surface area (Å²) < 4.78 is 1.89. The van der Waals surface area contributed by atoms with Crippen molar-refractivity contribution in [2.75, 3.05) is 12.4 Å². The average molecular weight is 243 g/mol. The molecule has 2 heterocycles. The van der Waals surface area contributed by atoms with Crippen LogP contribution in [-0.2, 0) is 6.54 Å². The third-order valence-electron chi connectivity index (χ3n) is 3.21. The average Bonchev–Trinajstić information content (AvgIpc) is 3.16. The summed E-state index contributed by atoms with van der Waals surface area (Å²) in [4.78, 5) is 9.16. The van der Waals surface area contributed by atoms with Crippen molar-refractivity contribution < 1.29 is 0 Å².